The summed E-state index contributed by atoms with van der Waals surface area (Å²) in [4.78, 5) is 12.4. The van der Waals surface area contributed by atoms with Crippen molar-refractivity contribution >= 4 is 31.9 Å². The summed E-state index contributed by atoms with van der Waals surface area (Å²) in [7, 11) is -3.50. The SMILES string of the molecule is O=C(NCC1CC1)c1cc(S(=O)(=O)N2CCCC2)ccc1Br. The first-order chi connectivity index (χ1) is 10.5. The molecule has 3 rings (SSSR count). The molecule has 5 nitrogen and oxygen atoms in total. The Balaban J connectivity index is 1.83. The highest BCUT2D eigenvalue weighted by atomic mass is 79.9. The number of amides is 1. The van der Waals surface area contributed by atoms with Crippen LogP contribution in [0.25, 0.3) is 0 Å². The second-order valence-corrected chi connectivity index (χ2v) is 8.70. The molecule has 120 valence electrons. The van der Waals surface area contributed by atoms with Gasteiger partial charge in [-0.2, -0.15) is 4.31 Å². The molecule has 1 aliphatic carbocycles. The number of nitrogens with one attached hydrogen (secondary N) is 1. The van der Waals surface area contributed by atoms with E-state index in [1.165, 1.54) is 10.4 Å². The minimum Gasteiger partial charge on any atom is -0.352 e. The van der Waals surface area contributed by atoms with Crippen molar-refractivity contribution in [2.75, 3.05) is 19.6 Å². The van der Waals surface area contributed by atoms with E-state index in [0.29, 0.717) is 35.6 Å². The Morgan fingerprint density at radius 1 is 1.27 bits per heavy atom. The second kappa shape index (κ2) is 6.29. The lowest BCUT2D eigenvalue weighted by Gasteiger charge is -2.16. The van der Waals surface area contributed by atoms with Gasteiger partial charge in [0.2, 0.25) is 10.0 Å². The van der Waals surface area contributed by atoms with Crippen molar-refractivity contribution in [1.82, 2.24) is 9.62 Å². The number of carbonyl (C=O) groups is 1. The second-order valence-electron chi connectivity index (χ2n) is 5.91. The van der Waals surface area contributed by atoms with Gasteiger partial charge in [0.25, 0.3) is 5.91 Å². The number of hydrogen-bond acceptors (Lipinski definition) is 3. The van der Waals surface area contributed by atoms with Crippen LogP contribution in [0, 0.1) is 5.92 Å². The maximum Gasteiger partial charge on any atom is 0.252 e. The highest BCUT2D eigenvalue weighted by molar-refractivity contribution is 9.10. The quantitative estimate of drug-likeness (QED) is 0.844. The van der Waals surface area contributed by atoms with Gasteiger partial charge in [0.1, 0.15) is 0 Å². The first-order valence-corrected chi connectivity index (χ1v) is 9.79. The van der Waals surface area contributed by atoms with Crippen LogP contribution in [0.4, 0.5) is 0 Å². The smallest absolute Gasteiger partial charge is 0.252 e. The molecule has 1 aromatic rings. The molecule has 22 heavy (non-hydrogen) atoms. The minimum absolute atomic E-state index is 0.189. The van der Waals surface area contributed by atoms with Crippen molar-refractivity contribution in [2.45, 2.75) is 30.6 Å². The molecule has 2 fully saturated rings. The van der Waals surface area contributed by atoms with Crippen molar-refractivity contribution in [3.8, 4) is 0 Å². The summed E-state index contributed by atoms with van der Waals surface area (Å²) in [6.45, 7) is 1.78. The average Bonchev–Trinajstić information content (AvgIpc) is 3.15. The standard InChI is InChI=1S/C15H19BrN2O3S/c16-14-6-5-12(22(20,21)18-7-1-2-8-18)9-13(14)15(19)17-10-11-3-4-11/h5-6,9,11H,1-4,7-8,10H2,(H,17,19). The number of hydrogen-bond donors (Lipinski definition) is 1. The predicted molar refractivity (Wildman–Crippen MR) is 87.2 cm³/mol. The maximum absolute atomic E-state index is 12.6. The van der Waals surface area contributed by atoms with Gasteiger partial charge in [0.15, 0.2) is 0 Å². The van der Waals surface area contributed by atoms with Gasteiger partial charge >= 0.3 is 0 Å². The van der Waals surface area contributed by atoms with Crippen LogP contribution in [0.3, 0.4) is 0 Å². The van der Waals surface area contributed by atoms with Gasteiger partial charge in [-0.3, -0.25) is 4.79 Å². The number of carbonyl (C=O) groups excluding carboxylic acids is 1. The fourth-order valence-corrected chi connectivity index (χ4v) is 4.54. The van der Waals surface area contributed by atoms with Crippen molar-refractivity contribution < 1.29 is 13.2 Å². The Bertz CT molecular complexity index is 680. The van der Waals surface area contributed by atoms with Crippen LogP contribution in [0.15, 0.2) is 27.6 Å². The maximum atomic E-state index is 12.6. The van der Waals surface area contributed by atoms with Crippen LogP contribution in [-0.4, -0.2) is 38.3 Å². The Morgan fingerprint density at radius 2 is 1.95 bits per heavy atom. The number of sulfonamides is 1. The topological polar surface area (TPSA) is 66.5 Å². The minimum atomic E-state index is -3.50. The molecule has 2 aliphatic rings. The summed E-state index contributed by atoms with van der Waals surface area (Å²) >= 11 is 3.33. The third-order valence-electron chi connectivity index (χ3n) is 4.13. The zero-order valence-electron chi connectivity index (χ0n) is 12.2. The fraction of sp³-hybridized carbons (Fsp3) is 0.533. The molecule has 0 atom stereocenters. The average molecular weight is 387 g/mol. The Hall–Kier alpha value is -0.920. The monoisotopic (exact) mass is 386 g/mol. The molecule has 1 heterocycles. The molecule has 1 amide bonds. The van der Waals surface area contributed by atoms with E-state index >= 15 is 0 Å². The lowest BCUT2D eigenvalue weighted by atomic mass is 10.2. The van der Waals surface area contributed by atoms with E-state index < -0.39 is 10.0 Å². The third-order valence-corrected chi connectivity index (χ3v) is 6.72. The summed E-state index contributed by atoms with van der Waals surface area (Å²) in [6, 6.07) is 4.66. The first kappa shape index (κ1) is 16.0. The van der Waals surface area contributed by atoms with E-state index in [1.807, 2.05) is 0 Å². The van der Waals surface area contributed by atoms with Crippen LogP contribution in [0.5, 0.6) is 0 Å². The van der Waals surface area contributed by atoms with E-state index in [4.69, 9.17) is 0 Å². The molecule has 0 radical (unpaired) electrons. The van der Waals surface area contributed by atoms with Gasteiger partial charge in [-0.25, -0.2) is 8.42 Å². The fourth-order valence-electron chi connectivity index (χ4n) is 2.57. The Morgan fingerprint density at radius 3 is 2.59 bits per heavy atom. The van der Waals surface area contributed by atoms with Crippen LogP contribution < -0.4 is 5.32 Å². The number of rotatable bonds is 5. The number of benzene rings is 1. The normalized spacial score (nSPS) is 19.3. The van der Waals surface area contributed by atoms with Crippen LogP contribution >= 0.6 is 15.9 Å². The van der Waals surface area contributed by atoms with E-state index in [9.17, 15) is 13.2 Å². The molecule has 1 saturated carbocycles. The van der Waals surface area contributed by atoms with Crippen LogP contribution in [0.1, 0.15) is 36.0 Å². The van der Waals surface area contributed by atoms with E-state index in [0.717, 1.165) is 25.7 Å². The molecule has 1 aromatic carbocycles. The Kier molecular flexibility index (Phi) is 4.56. The highest BCUT2D eigenvalue weighted by Gasteiger charge is 2.28. The molecule has 0 spiro atoms. The summed E-state index contributed by atoms with van der Waals surface area (Å²) in [5.74, 6) is 0.358. The third kappa shape index (κ3) is 3.36. The molecule has 0 unspecified atom stereocenters. The zero-order valence-corrected chi connectivity index (χ0v) is 14.6. The highest BCUT2D eigenvalue weighted by Crippen LogP contribution is 2.28. The lowest BCUT2D eigenvalue weighted by molar-refractivity contribution is 0.0951. The number of nitrogens with zero attached hydrogens (tertiary/aromatic N) is 1. The molecule has 1 N–H and O–H groups in total. The predicted octanol–water partition coefficient (Wildman–Crippen LogP) is 2.37. The van der Waals surface area contributed by atoms with Gasteiger partial charge in [-0.05, 0) is 65.7 Å². The van der Waals surface area contributed by atoms with Crippen molar-refractivity contribution in [3.63, 3.8) is 0 Å². The van der Waals surface area contributed by atoms with Gasteiger partial charge < -0.3 is 5.32 Å². The number of halogens is 1. The van der Waals surface area contributed by atoms with E-state index in [-0.39, 0.29) is 10.8 Å². The summed E-state index contributed by atoms with van der Waals surface area (Å²) < 4.78 is 27.3. The molecule has 7 heteroatoms. The van der Waals surface area contributed by atoms with Gasteiger partial charge in [-0.15, -0.1) is 0 Å². The first-order valence-electron chi connectivity index (χ1n) is 7.56. The molecule has 0 aromatic heterocycles. The van der Waals surface area contributed by atoms with Crippen molar-refractivity contribution in [2.24, 2.45) is 5.92 Å². The summed E-state index contributed by atoms with van der Waals surface area (Å²) in [5, 5.41) is 2.87. The van der Waals surface area contributed by atoms with Crippen LogP contribution in [-0.2, 0) is 10.0 Å². The lowest BCUT2D eigenvalue weighted by Crippen LogP contribution is -2.29. The molecular weight excluding hydrogens is 368 g/mol. The summed E-state index contributed by atoms with van der Waals surface area (Å²) in [5.41, 5.74) is 0.376. The molecule has 1 aliphatic heterocycles. The molecule has 0 bridgehead atoms. The van der Waals surface area contributed by atoms with Crippen LogP contribution in [0.2, 0.25) is 0 Å². The zero-order chi connectivity index (χ0) is 15.7. The Labute approximate surface area is 139 Å². The molecule has 1 saturated heterocycles. The van der Waals surface area contributed by atoms with Gasteiger partial charge in [0.05, 0.1) is 10.5 Å². The largest absolute Gasteiger partial charge is 0.352 e. The van der Waals surface area contributed by atoms with E-state index in [2.05, 4.69) is 21.2 Å². The van der Waals surface area contributed by atoms with E-state index in [1.54, 1.807) is 12.1 Å². The summed E-state index contributed by atoms with van der Waals surface area (Å²) in [6.07, 6.45) is 4.10. The van der Waals surface area contributed by atoms with Gasteiger partial charge in [0, 0.05) is 24.1 Å². The van der Waals surface area contributed by atoms with Crippen molar-refractivity contribution in [3.05, 3.63) is 28.2 Å². The molecular formula is C15H19BrN2O3S. The van der Waals surface area contributed by atoms with Crippen molar-refractivity contribution in [1.29, 1.82) is 0 Å². The van der Waals surface area contributed by atoms with Gasteiger partial charge in [-0.1, -0.05) is 0 Å².